The smallest absolute Gasteiger partial charge is 0.225 e. The SMILES string of the molecule is CC1Cc2c(cccc2C2CC2N(C)C(=O)C(C)C)O1. The van der Waals surface area contributed by atoms with E-state index in [1.807, 2.05) is 25.8 Å². The van der Waals surface area contributed by atoms with Gasteiger partial charge in [0.05, 0.1) is 0 Å². The molecule has 1 aliphatic carbocycles. The number of hydrogen-bond donors (Lipinski definition) is 0. The molecular formula is C17H23NO2. The molecule has 1 fully saturated rings. The Morgan fingerprint density at radius 2 is 2.15 bits per heavy atom. The third kappa shape index (κ3) is 2.19. The minimum Gasteiger partial charge on any atom is -0.490 e. The van der Waals surface area contributed by atoms with Gasteiger partial charge < -0.3 is 9.64 Å². The highest BCUT2D eigenvalue weighted by Gasteiger charge is 2.45. The first-order valence-corrected chi connectivity index (χ1v) is 7.54. The fourth-order valence-electron chi connectivity index (χ4n) is 3.32. The summed E-state index contributed by atoms with van der Waals surface area (Å²) in [5.74, 6) is 1.85. The molecule has 3 atom stereocenters. The molecule has 3 rings (SSSR count). The molecule has 0 aromatic heterocycles. The average molecular weight is 273 g/mol. The zero-order chi connectivity index (χ0) is 14.4. The molecule has 1 heterocycles. The number of ether oxygens (including phenoxy) is 1. The van der Waals surface area contributed by atoms with Crippen LogP contribution in [0.5, 0.6) is 5.75 Å². The molecule has 2 aliphatic rings. The molecule has 0 bridgehead atoms. The predicted molar refractivity (Wildman–Crippen MR) is 79.0 cm³/mol. The average Bonchev–Trinajstić information content (AvgIpc) is 3.10. The molecule has 108 valence electrons. The summed E-state index contributed by atoms with van der Waals surface area (Å²) < 4.78 is 5.83. The lowest BCUT2D eigenvalue weighted by molar-refractivity contribution is -0.133. The minimum absolute atomic E-state index is 0.0751. The Kier molecular flexibility index (Phi) is 3.23. The van der Waals surface area contributed by atoms with Crippen LogP contribution in [0.25, 0.3) is 0 Å². The Morgan fingerprint density at radius 3 is 2.85 bits per heavy atom. The summed E-state index contributed by atoms with van der Waals surface area (Å²) in [6, 6.07) is 6.71. The maximum Gasteiger partial charge on any atom is 0.225 e. The Bertz CT molecular complexity index is 538. The van der Waals surface area contributed by atoms with Crippen LogP contribution in [0.3, 0.4) is 0 Å². The number of benzene rings is 1. The Labute approximate surface area is 120 Å². The van der Waals surface area contributed by atoms with E-state index in [1.54, 1.807) is 0 Å². The van der Waals surface area contributed by atoms with Crippen molar-refractivity contribution in [3.8, 4) is 5.75 Å². The molecular weight excluding hydrogens is 250 g/mol. The lowest BCUT2D eigenvalue weighted by atomic mass is 9.99. The third-order valence-electron chi connectivity index (χ3n) is 4.48. The van der Waals surface area contributed by atoms with E-state index in [1.165, 1.54) is 11.1 Å². The van der Waals surface area contributed by atoms with Crippen LogP contribution in [0.1, 0.15) is 44.2 Å². The van der Waals surface area contributed by atoms with Crippen molar-refractivity contribution >= 4 is 5.91 Å². The van der Waals surface area contributed by atoms with E-state index in [9.17, 15) is 4.79 Å². The normalized spacial score (nSPS) is 27.1. The molecule has 3 unspecified atom stereocenters. The lowest BCUT2D eigenvalue weighted by Crippen LogP contribution is -2.33. The van der Waals surface area contributed by atoms with Crippen LogP contribution in [-0.4, -0.2) is 30.0 Å². The Morgan fingerprint density at radius 1 is 1.40 bits per heavy atom. The molecule has 1 aromatic carbocycles. The van der Waals surface area contributed by atoms with Crippen molar-refractivity contribution in [3.05, 3.63) is 29.3 Å². The van der Waals surface area contributed by atoms with Gasteiger partial charge in [0.15, 0.2) is 0 Å². The second-order valence-corrected chi connectivity index (χ2v) is 6.47. The molecule has 0 N–H and O–H groups in total. The van der Waals surface area contributed by atoms with Crippen molar-refractivity contribution < 1.29 is 9.53 Å². The van der Waals surface area contributed by atoms with Gasteiger partial charge in [0, 0.05) is 36.9 Å². The standard InChI is InChI=1S/C17H23NO2/c1-10(2)17(19)18(4)15-9-13(15)12-6-5-7-16-14(12)8-11(3)20-16/h5-7,10-11,13,15H,8-9H2,1-4H3. The zero-order valence-electron chi connectivity index (χ0n) is 12.7. The minimum atomic E-state index is 0.0751. The summed E-state index contributed by atoms with van der Waals surface area (Å²) in [6.45, 7) is 6.04. The molecule has 1 aromatic rings. The summed E-state index contributed by atoms with van der Waals surface area (Å²) in [4.78, 5) is 14.0. The zero-order valence-corrected chi connectivity index (χ0v) is 12.7. The lowest BCUT2D eigenvalue weighted by Gasteiger charge is -2.20. The van der Waals surface area contributed by atoms with Crippen molar-refractivity contribution in [2.45, 2.75) is 51.7 Å². The van der Waals surface area contributed by atoms with Gasteiger partial charge in [-0.05, 0) is 25.0 Å². The molecule has 20 heavy (non-hydrogen) atoms. The number of carbonyl (C=O) groups excluding carboxylic acids is 1. The molecule has 0 radical (unpaired) electrons. The molecule has 0 spiro atoms. The van der Waals surface area contributed by atoms with Crippen molar-refractivity contribution in [2.75, 3.05) is 7.05 Å². The van der Waals surface area contributed by atoms with Gasteiger partial charge in [-0.1, -0.05) is 26.0 Å². The van der Waals surface area contributed by atoms with Crippen LogP contribution in [0.2, 0.25) is 0 Å². The van der Waals surface area contributed by atoms with Gasteiger partial charge in [0.2, 0.25) is 5.91 Å². The van der Waals surface area contributed by atoms with Gasteiger partial charge in [-0.15, -0.1) is 0 Å². The second-order valence-electron chi connectivity index (χ2n) is 6.47. The van der Waals surface area contributed by atoms with Crippen molar-refractivity contribution in [2.24, 2.45) is 5.92 Å². The molecule has 1 amide bonds. The van der Waals surface area contributed by atoms with E-state index >= 15 is 0 Å². The monoisotopic (exact) mass is 273 g/mol. The van der Waals surface area contributed by atoms with Gasteiger partial charge in [-0.2, -0.15) is 0 Å². The number of hydrogen-bond acceptors (Lipinski definition) is 2. The second kappa shape index (κ2) is 4.80. The highest BCUT2D eigenvalue weighted by atomic mass is 16.5. The van der Waals surface area contributed by atoms with Crippen LogP contribution >= 0.6 is 0 Å². The van der Waals surface area contributed by atoms with E-state index in [-0.39, 0.29) is 17.9 Å². The number of fused-ring (bicyclic) bond motifs is 1. The first kappa shape index (κ1) is 13.5. The first-order chi connectivity index (χ1) is 9.49. The van der Waals surface area contributed by atoms with Crippen molar-refractivity contribution in [3.63, 3.8) is 0 Å². The maximum absolute atomic E-state index is 12.1. The van der Waals surface area contributed by atoms with Gasteiger partial charge in [0.25, 0.3) is 0 Å². The fraction of sp³-hybridized carbons (Fsp3) is 0.588. The Hall–Kier alpha value is -1.51. The molecule has 1 aliphatic heterocycles. The van der Waals surface area contributed by atoms with Crippen molar-refractivity contribution in [1.29, 1.82) is 0 Å². The van der Waals surface area contributed by atoms with Crippen molar-refractivity contribution in [1.82, 2.24) is 4.90 Å². The number of nitrogens with zero attached hydrogens (tertiary/aromatic N) is 1. The quantitative estimate of drug-likeness (QED) is 0.847. The van der Waals surface area contributed by atoms with E-state index < -0.39 is 0 Å². The van der Waals surface area contributed by atoms with Gasteiger partial charge in [0.1, 0.15) is 11.9 Å². The summed E-state index contributed by atoms with van der Waals surface area (Å²) in [6.07, 6.45) is 2.36. The largest absolute Gasteiger partial charge is 0.490 e. The predicted octanol–water partition coefficient (Wildman–Crippen LogP) is 2.98. The Balaban J connectivity index is 1.78. The van der Waals surface area contributed by atoms with Gasteiger partial charge in [-0.3, -0.25) is 4.79 Å². The van der Waals surface area contributed by atoms with E-state index in [4.69, 9.17) is 4.74 Å². The molecule has 1 saturated carbocycles. The van der Waals surface area contributed by atoms with E-state index in [0.29, 0.717) is 12.0 Å². The van der Waals surface area contributed by atoms with Gasteiger partial charge in [-0.25, -0.2) is 0 Å². The highest BCUT2D eigenvalue weighted by molar-refractivity contribution is 5.78. The van der Waals surface area contributed by atoms with E-state index in [0.717, 1.165) is 18.6 Å². The molecule has 3 heteroatoms. The summed E-state index contributed by atoms with van der Waals surface area (Å²) in [5, 5.41) is 0. The molecule has 3 nitrogen and oxygen atoms in total. The summed E-state index contributed by atoms with van der Waals surface area (Å²) in [7, 11) is 1.94. The number of carbonyl (C=O) groups is 1. The van der Waals surface area contributed by atoms with Crippen LogP contribution in [-0.2, 0) is 11.2 Å². The number of likely N-dealkylation sites (N-methyl/N-ethyl adjacent to an activating group) is 1. The fourth-order valence-corrected chi connectivity index (χ4v) is 3.32. The summed E-state index contributed by atoms with van der Waals surface area (Å²) >= 11 is 0. The highest BCUT2D eigenvalue weighted by Crippen LogP contribution is 2.48. The maximum atomic E-state index is 12.1. The number of rotatable bonds is 3. The van der Waals surface area contributed by atoms with E-state index in [2.05, 4.69) is 25.1 Å². The first-order valence-electron chi connectivity index (χ1n) is 7.54. The van der Waals surface area contributed by atoms with Crippen LogP contribution in [0, 0.1) is 5.92 Å². The van der Waals surface area contributed by atoms with Crippen LogP contribution < -0.4 is 4.74 Å². The van der Waals surface area contributed by atoms with Crippen LogP contribution in [0.4, 0.5) is 0 Å². The number of amides is 1. The third-order valence-corrected chi connectivity index (χ3v) is 4.48. The summed E-state index contributed by atoms with van der Waals surface area (Å²) in [5.41, 5.74) is 2.75. The van der Waals surface area contributed by atoms with Gasteiger partial charge >= 0.3 is 0 Å². The van der Waals surface area contributed by atoms with Crippen LogP contribution in [0.15, 0.2) is 18.2 Å². The topological polar surface area (TPSA) is 29.5 Å². The molecule has 0 saturated heterocycles.